The van der Waals surface area contributed by atoms with E-state index in [1.807, 2.05) is 0 Å². The lowest BCUT2D eigenvalue weighted by Gasteiger charge is -2.48. The summed E-state index contributed by atoms with van der Waals surface area (Å²) in [5.41, 5.74) is -7.26. The number of aliphatic hydroxyl groups is 9. The first kappa shape index (κ1) is 74.3. The molecule has 0 radical (unpaired) electrons. The third-order valence-electron chi connectivity index (χ3n) is 15.8. The van der Waals surface area contributed by atoms with Crippen LogP contribution in [0.4, 0.5) is 0 Å². The molecule has 0 aromatic heterocycles. The summed E-state index contributed by atoms with van der Waals surface area (Å²) in [6.07, 6.45) is -15.2. The Morgan fingerprint density at radius 1 is 0.573 bits per heavy atom. The van der Waals surface area contributed by atoms with Crippen molar-refractivity contribution in [2.45, 2.75) is 274 Å². The van der Waals surface area contributed by atoms with Gasteiger partial charge in [-0.3, -0.25) is 28.8 Å². The lowest BCUT2D eigenvalue weighted by atomic mass is 9.81. The van der Waals surface area contributed by atoms with Gasteiger partial charge in [-0.2, -0.15) is 0 Å². The highest BCUT2D eigenvalue weighted by molar-refractivity contribution is 5.79. The minimum absolute atomic E-state index is 0.0745. The van der Waals surface area contributed by atoms with Gasteiger partial charge in [0, 0.05) is 51.6 Å². The van der Waals surface area contributed by atoms with Crippen LogP contribution in [-0.2, 0) is 57.2 Å². The third-order valence-corrected chi connectivity index (χ3v) is 15.8. The molecule has 16 N–H and O–H groups in total. The van der Waals surface area contributed by atoms with Crippen LogP contribution in [0.2, 0.25) is 0 Å². The molecule has 2 saturated heterocycles. The summed E-state index contributed by atoms with van der Waals surface area (Å²) in [5.74, 6) is -2.95. The average Bonchev–Trinajstić information content (AvgIpc) is 3.43. The monoisotopic (exact) mass is 1180 g/mol. The van der Waals surface area contributed by atoms with Crippen LogP contribution in [0.3, 0.4) is 0 Å². The van der Waals surface area contributed by atoms with Crippen LogP contribution in [0.1, 0.15) is 149 Å². The Bertz CT molecular complexity index is 2070. The summed E-state index contributed by atoms with van der Waals surface area (Å²) >= 11 is 0. The first-order chi connectivity index (χ1) is 37.7. The van der Waals surface area contributed by atoms with E-state index in [1.165, 1.54) is 27.7 Å². The number of hydrogen-bond acceptors (Lipinski definition) is 22. The van der Waals surface area contributed by atoms with Crippen molar-refractivity contribution in [3.05, 3.63) is 0 Å². The van der Waals surface area contributed by atoms with Gasteiger partial charge in [0.25, 0.3) is 0 Å². The maximum atomic E-state index is 14.1. The van der Waals surface area contributed by atoms with Crippen LogP contribution in [0, 0.1) is 0 Å². The Hall–Kier alpha value is -3.82. The van der Waals surface area contributed by atoms with Crippen molar-refractivity contribution in [3.63, 3.8) is 0 Å². The number of ether oxygens (including phenoxy) is 6. The van der Waals surface area contributed by atoms with Gasteiger partial charge in [0.1, 0.15) is 60.9 Å². The first-order valence-electron chi connectivity index (χ1n) is 27.9. The van der Waals surface area contributed by atoms with E-state index < -0.39 is 187 Å². The van der Waals surface area contributed by atoms with Crippen LogP contribution >= 0.6 is 0 Å². The highest BCUT2D eigenvalue weighted by atomic mass is 16.7. The van der Waals surface area contributed by atoms with Crippen molar-refractivity contribution >= 4 is 35.4 Å². The SMILES string of the molecule is CNC(CCC(=O)NC(C)CC(C)(C)OC1OC(CO)C(O)C(O)C1NC(C)=O)(CCC(=O)NC(C)(C)C(C)(C)OC1OC(CO)C(O)C(O)C1NC(C)=O)CCC(=O)NC(C)(C)C(C)(C)OC(OC(CO)[C@@H](C)O)[C@H](CO)NC(C)=O. The molecule has 16 atom stereocenters. The molecule has 28 heteroatoms. The predicted octanol–water partition coefficient (Wildman–Crippen LogP) is -3.18. The second-order valence-corrected chi connectivity index (χ2v) is 24.5. The van der Waals surface area contributed by atoms with Gasteiger partial charge in [0.05, 0.1) is 60.4 Å². The van der Waals surface area contributed by atoms with Gasteiger partial charge >= 0.3 is 0 Å². The second-order valence-electron chi connectivity index (χ2n) is 24.5. The fourth-order valence-corrected chi connectivity index (χ4v) is 9.59. The molecule has 2 aliphatic rings. The molecule has 0 aromatic rings. The van der Waals surface area contributed by atoms with Gasteiger partial charge in [-0.25, -0.2) is 0 Å². The first-order valence-corrected chi connectivity index (χ1v) is 27.9. The molecule has 14 unspecified atom stereocenters. The quantitative estimate of drug-likeness (QED) is 0.0283. The lowest BCUT2D eigenvalue weighted by molar-refractivity contribution is -0.303. The van der Waals surface area contributed by atoms with E-state index >= 15 is 0 Å². The smallest absolute Gasteiger partial charge is 0.220 e. The maximum absolute atomic E-state index is 14.1. The van der Waals surface area contributed by atoms with Crippen molar-refractivity contribution < 1.29 is 103 Å². The van der Waals surface area contributed by atoms with E-state index in [9.17, 15) is 74.7 Å². The van der Waals surface area contributed by atoms with E-state index in [4.69, 9.17) is 28.4 Å². The summed E-state index contributed by atoms with van der Waals surface area (Å²) in [6, 6.07) is -4.16. The third kappa shape index (κ3) is 21.6. The topological polar surface area (TPSA) is 424 Å². The molecule has 2 heterocycles. The number of amides is 6. The van der Waals surface area contributed by atoms with Crippen LogP contribution < -0.4 is 37.2 Å². The van der Waals surface area contributed by atoms with Crippen LogP contribution in [0.15, 0.2) is 0 Å². The molecule has 6 amide bonds. The van der Waals surface area contributed by atoms with E-state index in [-0.39, 0.29) is 44.9 Å². The number of aliphatic hydroxyl groups excluding tert-OH is 9. The molecule has 2 rings (SSSR count). The number of nitrogens with one attached hydrogen (secondary N) is 7. The van der Waals surface area contributed by atoms with Crippen LogP contribution in [-0.4, -0.2) is 240 Å². The predicted molar refractivity (Wildman–Crippen MR) is 294 cm³/mol. The standard InChI is InChI=1S/C54H101N7O21/c1-28(23-49(6,7)80-47-40(58-31(4)68)44(75)42(73)35(26-64)78-47)56-37(70)17-20-54(55-16,21-18-38(71)60-50(8,9)52(12,13)81-46(33(24-62)57-30(3)67)77-34(25-63)29(2)66)22-19-39(72)61-51(10,11)53(14,15)82-48-41(59-32(5)69)45(76)43(74)36(27-65)79-48/h28-29,33-36,40-48,55,62-66,73-76H,17-27H2,1-16H3,(H,56,70)(H,57,67)(H,58,68)(H,59,69)(H,60,71)(H,61,72)/t28?,29-,33+,34?,35?,36?,40?,41?,42?,43?,44?,45?,46?,47?,48?,54?/m1/s1. The number of carbonyl (C=O) groups excluding carboxylic acids is 6. The zero-order valence-electron chi connectivity index (χ0n) is 50.9. The molecule has 0 spiro atoms. The zero-order valence-corrected chi connectivity index (χ0v) is 50.9. The Kier molecular flexibility index (Phi) is 28.6. The average molecular weight is 1180 g/mol. The normalized spacial score (nSPS) is 26.5. The van der Waals surface area contributed by atoms with Gasteiger partial charge in [0.2, 0.25) is 35.4 Å². The minimum atomic E-state index is -1.59. The Morgan fingerprint density at radius 2 is 1.00 bits per heavy atom. The molecule has 82 heavy (non-hydrogen) atoms. The van der Waals surface area contributed by atoms with E-state index in [1.54, 1.807) is 83.2 Å². The highest BCUT2D eigenvalue weighted by Crippen LogP contribution is 2.35. The molecule has 2 aliphatic heterocycles. The van der Waals surface area contributed by atoms with Crippen LogP contribution in [0.5, 0.6) is 0 Å². The van der Waals surface area contributed by atoms with E-state index in [0.29, 0.717) is 0 Å². The Morgan fingerprint density at radius 3 is 1.38 bits per heavy atom. The maximum Gasteiger partial charge on any atom is 0.220 e. The molecule has 0 saturated carbocycles. The molecular formula is C54H101N7O21. The van der Waals surface area contributed by atoms with E-state index in [2.05, 4.69) is 37.2 Å². The summed E-state index contributed by atoms with van der Waals surface area (Å²) in [5, 5.41) is 113. The summed E-state index contributed by atoms with van der Waals surface area (Å²) < 4.78 is 36.4. The summed E-state index contributed by atoms with van der Waals surface area (Å²) in [7, 11) is 1.64. The van der Waals surface area contributed by atoms with Crippen molar-refractivity contribution in [2.24, 2.45) is 0 Å². The van der Waals surface area contributed by atoms with Gasteiger partial charge in [-0.15, -0.1) is 0 Å². The number of carbonyl (C=O) groups is 6. The second kappa shape index (κ2) is 31.5. The molecule has 0 bridgehead atoms. The molecule has 0 aromatic carbocycles. The van der Waals surface area contributed by atoms with Gasteiger partial charge < -0.3 is 112 Å². The van der Waals surface area contributed by atoms with Crippen LogP contribution in [0.25, 0.3) is 0 Å². The molecule has 0 aliphatic carbocycles. The largest absolute Gasteiger partial charge is 0.394 e. The van der Waals surface area contributed by atoms with Crippen molar-refractivity contribution in [2.75, 3.05) is 33.5 Å². The lowest BCUT2D eigenvalue weighted by Crippen LogP contribution is -2.68. The molecular weight excluding hydrogens is 1080 g/mol. The highest BCUT2D eigenvalue weighted by Gasteiger charge is 2.51. The minimum Gasteiger partial charge on any atom is -0.394 e. The van der Waals surface area contributed by atoms with Gasteiger partial charge in [-0.1, -0.05) is 0 Å². The van der Waals surface area contributed by atoms with Crippen molar-refractivity contribution in [3.8, 4) is 0 Å². The van der Waals surface area contributed by atoms with Gasteiger partial charge in [0.15, 0.2) is 18.9 Å². The fraction of sp³-hybridized carbons (Fsp3) is 0.889. The number of rotatable bonds is 34. The summed E-state index contributed by atoms with van der Waals surface area (Å²) in [4.78, 5) is 78.4. The molecule has 2 fully saturated rings. The Balaban J connectivity index is 2.43. The van der Waals surface area contributed by atoms with Gasteiger partial charge in [-0.05, 0) is 116 Å². The summed E-state index contributed by atoms with van der Waals surface area (Å²) in [6.45, 7) is 20.8. The molecule has 28 nitrogen and oxygen atoms in total. The Labute approximate surface area is 482 Å². The van der Waals surface area contributed by atoms with E-state index in [0.717, 1.165) is 0 Å². The fourth-order valence-electron chi connectivity index (χ4n) is 9.59. The van der Waals surface area contributed by atoms with Crippen molar-refractivity contribution in [1.82, 2.24) is 37.2 Å². The number of hydrogen-bond donors (Lipinski definition) is 16. The molecule has 478 valence electrons. The van der Waals surface area contributed by atoms with Crippen molar-refractivity contribution in [1.29, 1.82) is 0 Å². The zero-order chi connectivity index (χ0) is 63.1.